The Morgan fingerprint density at radius 1 is 0.630 bits per heavy atom. The predicted octanol–water partition coefficient (Wildman–Crippen LogP) is 6.26. The summed E-state index contributed by atoms with van der Waals surface area (Å²) in [7, 11) is 0. The lowest BCUT2D eigenvalue weighted by Gasteiger charge is -2.18. The first-order valence-corrected chi connectivity index (χ1v) is 9.35. The molecular formula is C25H24O2. The molecule has 1 aliphatic carbocycles. The van der Waals surface area contributed by atoms with Crippen LogP contribution < -0.4 is 0 Å². The van der Waals surface area contributed by atoms with Gasteiger partial charge in [0.2, 0.25) is 0 Å². The summed E-state index contributed by atoms with van der Waals surface area (Å²) in [6, 6.07) is 30.0. The summed E-state index contributed by atoms with van der Waals surface area (Å²) in [5, 5.41) is 12.5. The third kappa shape index (κ3) is 4.53. The molecule has 1 aliphatic rings. The minimum Gasteiger partial charge on any atom is -0.483 e. The maximum Gasteiger partial charge on any atom is 0.290 e. The number of hydrogen-bond donors (Lipinski definition) is 1. The van der Waals surface area contributed by atoms with Gasteiger partial charge >= 0.3 is 0 Å². The molecule has 0 radical (unpaired) electrons. The second kappa shape index (κ2) is 9.54. The summed E-state index contributed by atoms with van der Waals surface area (Å²) in [6.07, 6.45) is 5.22. The lowest BCUT2D eigenvalue weighted by molar-refractivity contribution is -0.122. The van der Waals surface area contributed by atoms with Crippen LogP contribution in [-0.2, 0) is 17.6 Å². The van der Waals surface area contributed by atoms with E-state index < -0.39 is 0 Å². The van der Waals surface area contributed by atoms with Gasteiger partial charge in [0.15, 0.2) is 0 Å². The van der Waals surface area contributed by atoms with Crippen molar-refractivity contribution in [2.24, 2.45) is 0 Å². The van der Waals surface area contributed by atoms with Crippen LogP contribution in [0, 0.1) is 0 Å². The molecule has 0 saturated heterocycles. The van der Waals surface area contributed by atoms with Crippen LogP contribution in [0.1, 0.15) is 24.0 Å². The highest BCUT2D eigenvalue weighted by Gasteiger charge is 2.13. The SMILES string of the molecule is O=CO.c1ccc2c(c1)ccc1c3c(ccc12)CCCC3.c1ccccc1. The molecule has 4 aromatic carbocycles. The number of hydrogen-bond acceptors (Lipinski definition) is 1. The molecule has 2 nitrogen and oxygen atoms in total. The van der Waals surface area contributed by atoms with Crippen molar-refractivity contribution >= 4 is 28.0 Å². The van der Waals surface area contributed by atoms with E-state index in [9.17, 15) is 0 Å². The maximum absolute atomic E-state index is 8.36. The third-order valence-corrected chi connectivity index (χ3v) is 4.92. The predicted molar refractivity (Wildman–Crippen MR) is 113 cm³/mol. The van der Waals surface area contributed by atoms with E-state index in [0.717, 1.165) is 0 Å². The standard InChI is InChI=1S/C18H16.C6H6.CH2O2/c1-3-7-15-13(5-1)9-11-18-16-8-4-2-6-14(16)10-12-17(15)18;1-2-4-6-5-3-1;2-1-3/h1,3,5,7,9-12H,2,4,6,8H2;1-6H;1H,(H,2,3). The van der Waals surface area contributed by atoms with Crippen LogP contribution in [0.3, 0.4) is 0 Å². The van der Waals surface area contributed by atoms with Crippen LogP contribution in [0.5, 0.6) is 0 Å². The zero-order valence-electron chi connectivity index (χ0n) is 15.3. The summed E-state index contributed by atoms with van der Waals surface area (Å²) >= 11 is 0. The summed E-state index contributed by atoms with van der Waals surface area (Å²) < 4.78 is 0. The second-order valence-corrected chi connectivity index (χ2v) is 6.55. The Balaban J connectivity index is 0.000000196. The fourth-order valence-electron chi connectivity index (χ4n) is 3.73. The van der Waals surface area contributed by atoms with Gasteiger partial charge in [-0.05, 0) is 58.4 Å². The van der Waals surface area contributed by atoms with Crippen LogP contribution in [0.2, 0.25) is 0 Å². The third-order valence-electron chi connectivity index (χ3n) is 4.92. The molecule has 0 aliphatic heterocycles. The van der Waals surface area contributed by atoms with Crippen molar-refractivity contribution in [3.63, 3.8) is 0 Å². The van der Waals surface area contributed by atoms with Crippen molar-refractivity contribution in [2.45, 2.75) is 25.7 Å². The minimum absolute atomic E-state index is 0.250. The Labute approximate surface area is 160 Å². The van der Waals surface area contributed by atoms with Crippen LogP contribution in [-0.4, -0.2) is 11.6 Å². The van der Waals surface area contributed by atoms with Crippen molar-refractivity contribution < 1.29 is 9.90 Å². The van der Waals surface area contributed by atoms with E-state index >= 15 is 0 Å². The van der Waals surface area contributed by atoms with E-state index in [1.807, 2.05) is 36.4 Å². The van der Waals surface area contributed by atoms with E-state index in [1.165, 1.54) is 47.2 Å². The first kappa shape index (κ1) is 18.7. The smallest absolute Gasteiger partial charge is 0.290 e. The fourth-order valence-corrected chi connectivity index (χ4v) is 3.73. The zero-order chi connectivity index (χ0) is 18.9. The Hall–Kier alpha value is -3.13. The molecule has 0 bridgehead atoms. The number of carbonyl (C=O) groups is 1. The van der Waals surface area contributed by atoms with E-state index in [-0.39, 0.29) is 6.47 Å². The first-order chi connectivity index (χ1) is 13.3. The summed E-state index contributed by atoms with van der Waals surface area (Å²) in [6.45, 7) is -0.250. The highest BCUT2D eigenvalue weighted by molar-refractivity contribution is 6.08. The molecule has 0 fully saturated rings. The number of fused-ring (bicyclic) bond motifs is 5. The molecule has 5 rings (SSSR count). The van der Waals surface area contributed by atoms with Crippen LogP contribution in [0.4, 0.5) is 0 Å². The number of rotatable bonds is 0. The van der Waals surface area contributed by atoms with Crippen LogP contribution in [0.15, 0.2) is 84.9 Å². The summed E-state index contributed by atoms with van der Waals surface area (Å²) in [5.74, 6) is 0. The molecule has 1 N–H and O–H groups in total. The average Bonchev–Trinajstić information content (AvgIpc) is 2.75. The van der Waals surface area contributed by atoms with E-state index in [1.54, 1.807) is 11.1 Å². The van der Waals surface area contributed by atoms with Gasteiger partial charge in [-0.3, -0.25) is 4.79 Å². The van der Waals surface area contributed by atoms with Gasteiger partial charge in [-0.1, -0.05) is 84.9 Å². The molecule has 0 heterocycles. The summed E-state index contributed by atoms with van der Waals surface area (Å²) in [4.78, 5) is 8.36. The normalized spacial score (nSPS) is 12.1. The van der Waals surface area contributed by atoms with E-state index in [2.05, 4.69) is 48.5 Å². The second-order valence-electron chi connectivity index (χ2n) is 6.55. The number of carboxylic acid groups (broad SMARTS) is 1. The van der Waals surface area contributed by atoms with Gasteiger partial charge < -0.3 is 5.11 Å². The van der Waals surface area contributed by atoms with E-state index in [4.69, 9.17) is 9.90 Å². The highest BCUT2D eigenvalue weighted by Crippen LogP contribution is 2.33. The van der Waals surface area contributed by atoms with Gasteiger partial charge in [0, 0.05) is 0 Å². The molecular weight excluding hydrogens is 332 g/mol. The molecule has 2 heteroatoms. The summed E-state index contributed by atoms with van der Waals surface area (Å²) in [5.41, 5.74) is 3.17. The highest BCUT2D eigenvalue weighted by atomic mass is 16.3. The molecule has 0 amide bonds. The van der Waals surface area contributed by atoms with Crippen molar-refractivity contribution in [3.8, 4) is 0 Å². The van der Waals surface area contributed by atoms with Gasteiger partial charge in [-0.15, -0.1) is 0 Å². The molecule has 136 valence electrons. The number of aryl methyl sites for hydroxylation is 2. The zero-order valence-corrected chi connectivity index (χ0v) is 15.3. The van der Waals surface area contributed by atoms with Crippen molar-refractivity contribution in [3.05, 3.63) is 96.1 Å². The van der Waals surface area contributed by atoms with Gasteiger partial charge in [0.1, 0.15) is 0 Å². The molecule has 0 atom stereocenters. The Morgan fingerprint density at radius 2 is 1.22 bits per heavy atom. The van der Waals surface area contributed by atoms with Crippen LogP contribution >= 0.6 is 0 Å². The lowest BCUT2D eigenvalue weighted by Crippen LogP contribution is -2.02. The monoisotopic (exact) mass is 356 g/mol. The van der Waals surface area contributed by atoms with Crippen molar-refractivity contribution in [2.75, 3.05) is 0 Å². The topological polar surface area (TPSA) is 37.3 Å². The Kier molecular flexibility index (Phi) is 6.59. The molecule has 0 unspecified atom stereocenters. The quantitative estimate of drug-likeness (QED) is 0.298. The Morgan fingerprint density at radius 3 is 1.93 bits per heavy atom. The Bertz CT molecular complexity index is 980. The van der Waals surface area contributed by atoms with Gasteiger partial charge in [-0.25, -0.2) is 0 Å². The van der Waals surface area contributed by atoms with E-state index in [0.29, 0.717) is 0 Å². The first-order valence-electron chi connectivity index (χ1n) is 9.35. The van der Waals surface area contributed by atoms with Gasteiger partial charge in [0.05, 0.1) is 0 Å². The minimum atomic E-state index is -0.250. The van der Waals surface area contributed by atoms with Crippen LogP contribution in [0.25, 0.3) is 21.5 Å². The molecule has 4 aromatic rings. The molecule has 27 heavy (non-hydrogen) atoms. The van der Waals surface area contributed by atoms with Gasteiger partial charge in [0.25, 0.3) is 6.47 Å². The lowest BCUT2D eigenvalue weighted by atomic mass is 9.86. The van der Waals surface area contributed by atoms with Crippen molar-refractivity contribution in [1.29, 1.82) is 0 Å². The average molecular weight is 356 g/mol. The largest absolute Gasteiger partial charge is 0.483 e. The molecule has 0 spiro atoms. The molecule has 0 aromatic heterocycles. The molecule has 0 saturated carbocycles. The van der Waals surface area contributed by atoms with Gasteiger partial charge in [-0.2, -0.15) is 0 Å². The fraction of sp³-hybridized carbons (Fsp3) is 0.160. The maximum atomic E-state index is 8.36. The van der Waals surface area contributed by atoms with Crippen molar-refractivity contribution in [1.82, 2.24) is 0 Å². The number of benzene rings is 4.